The number of nitrogens with zero attached hydrogens (tertiary/aromatic N) is 3. The maximum atomic E-state index is 5.90. The number of ether oxygens (including phenoxy) is 1. The van der Waals surface area contributed by atoms with Crippen molar-refractivity contribution in [3.63, 3.8) is 0 Å². The van der Waals surface area contributed by atoms with Crippen LogP contribution in [0, 0.1) is 12.8 Å². The summed E-state index contributed by atoms with van der Waals surface area (Å²) in [4.78, 5) is 6.73. The Kier molecular flexibility index (Phi) is 6.22. The number of benzene rings is 1. The maximum Gasteiger partial charge on any atom is 0.324 e. The van der Waals surface area contributed by atoms with Crippen LogP contribution in [-0.4, -0.2) is 37.7 Å². The van der Waals surface area contributed by atoms with Crippen LogP contribution in [0.25, 0.3) is 0 Å². The molecule has 1 aliphatic rings. The molecule has 3 rings (SSSR count). The molecule has 1 fully saturated rings. The van der Waals surface area contributed by atoms with Crippen molar-refractivity contribution in [3.8, 4) is 5.75 Å². The summed E-state index contributed by atoms with van der Waals surface area (Å²) in [6, 6.07) is 7.01. The van der Waals surface area contributed by atoms with Crippen LogP contribution in [0.15, 0.2) is 22.7 Å². The molecule has 1 aliphatic heterocycles. The Balaban J connectivity index is 1.36. The Bertz CT molecular complexity index is 709. The largest absolute Gasteiger partial charge is 0.494 e. The quantitative estimate of drug-likeness (QED) is 0.565. The van der Waals surface area contributed by atoms with Crippen molar-refractivity contribution in [2.75, 3.05) is 24.6 Å². The SMILES string of the molecule is Bc1ccc(OCCCC2CCN(c3nc(C(C)C)no3)CC2)cc1C. The van der Waals surface area contributed by atoms with Gasteiger partial charge in [-0.05, 0) is 50.7 Å². The third-order valence-electron chi connectivity index (χ3n) is 5.34. The summed E-state index contributed by atoms with van der Waals surface area (Å²) in [5.74, 6) is 2.86. The fourth-order valence-electron chi connectivity index (χ4n) is 3.37. The van der Waals surface area contributed by atoms with Crippen molar-refractivity contribution in [1.82, 2.24) is 10.1 Å². The molecule has 26 heavy (non-hydrogen) atoms. The highest BCUT2D eigenvalue weighted by atomic mass is 16.5. The minimum atomic E-state index is 0.308. The monoisotopic (exact) mass is 355 g/mol. The normalized spacial score (nSPS) is 15.6. The molecular weight excluding hydrogens is 325 g/mol. The van der Waals surface area contributed by atoms with Gasteiger partial charge in [0, 0.05) is 19.0 Å². The number of aryl methyl sites for hydroxylation is 1. The van der Waals surface area contributed by atoms with Crippen molar-refractivity contribution in [1.29, 1.82) is 0 Å². The van der Waals surface area contributed by atoms with Crippen LogP contribution < -0.4 is 15.1 Å². The van der Waals surface area contributed by atoms with Gasteiger partial charge in [0.05, 0.1) is 6.61 Å². The van der Waals surface area contributed by atoms with E-state index in [1.165, 1.54) is 30.3 Å². The Morgan fingerprint density at radius 1 is 1.31 bits per heavy atom. The Morgan fingerprint density at radius 3 is 2.73 bits per heavy atom. The smallest absolute Gasteiger partial charge is 0.324 e. The maximum absolute atomic E-state index is 5.90. The first-order valence-electron chi connectivity index (χ1n) is 9.81. The van der Waals surface area contributed by atoms with Crippen LogP contribution >= 0.6 is 0 Å². The number of aromatic nitrogens is 2. The molecule has 0 aliphatic carbocycles. The second kappa shape index (κ2) is 8.61. The summed E-state index contributed by atoms with van der Waals surface area (Å²) in [5.41, 5.74) is 2.60. The molecule has 140 valence electrons. The molecule has 0 N–H and O–H groups in total. The fourth-order valence-corrected chi connectivity index (χ4v) is 3.37. The summed E-state index contributed by atoms with van der Waals surface area (Å²) in [6.07, 6.45) is 4.70. The summed E-state index contributed by atoms with van der Waals surface area (Å²) in [6.45, 7) is 9.10. The van der Waals surface area contributed by atoms with Crippen molar-refractivity contribution >= 4 is 19.3 Å². The van der Waals surface area contributed by atoms with Gasteiger partial charge < -0.3 is 14.2 Å². The van der Waals surface area contributed by atoms with Gasteiger partial charge in [0.15, 0.2) is 5.82 Å². The minimum Gasteiger partial charge on any atom is -0.494 e. The molecular formula is C20H30BN3O2. The molecule has 0 spiro atoms. The van der Waals surface area contributed by atoms with Crippen molar-refractivity contribution in [2.45, 2.75) is 52.4 Å². The fraction of sp³-hybridized carbons (Fsp3) is 0.600. The van der Waals surface area contributed by atoms with Gasteiger partial charge in [-0.15, -0.1) is 0 Å². The first kappa shape index (κ1) is 18.8. The van der Waals surface area contributed by atoms with Crippen LogP contribution in [0.3, 0.4) is 0 Å². The predicted octanol–water partition coefficient (Wildman–Crippen LogP) is 2.84. The van der Waals surface area contributed by atoms with E-state index in [-0.39, 0.29) is 0 Å². The molecule has 2 heterocycles. The lowest BCUT2D eigenvalue weighted by Crippen LogP contribution is -2.34. The first-order chi connectivity index (χ1) is 12.5. The van der Waals surface area contributed by atoms with Crippen molar-refractivity contribution in [3.05, 3.63) is 29.6 Å². The number of hydrogen-bond acceptors (Lipinski definition) is 5. The highest BCUT2D eigenvalue weighted by Crippen LogP contribution is 2.26. The van der Waals surface area contributed by atoms with E-state index >= 15 is 0 Å². The zero-order valence-corrected chi connectivity index (χ0v) is 16.5. The molecule has 2 aromatic rings. The third kappa shape index (κ3) is 4.80. The molecule has 1 saturated heterocycles. The molecule has 0 saturated carbocycles. The molecule has 5 nitrogen and oxygen atoms in total. The molecule has 1 aromatic carbocycles. The second-order valence-corrected chi connectivity index (χ2v) is 7.76. The van der Waals surface area contributed by atoms with Crippen LogP contribution in [0.2, 0.25) is 0 Å². The average Bonchev–Trinajstić information content (AvgIpc) is 3.13. The summed E-state index contributed by atoms with van der Waals surface area (Å²) >= 11 is 0. The molecule has 0 radical (unpaired) electrons. The van der Waals surface area contributed by atoms with Crippen LogP contribution in [0.5, 0.6) is 5.75 Å². The van der Waals surface area contributed by atoms with E-state index < -0.39 is 0 Å². The number of anilines is 1. The summed E-state index contributed by atoms with van der Waals surface area (Å²) < 4.78 is 11.3. The molecule has 6 heteroatoms. The third-order valence-corrected chi connectivity index (χ3v) is 5.34. The van der Waals surface area contributed by atoms with Gasteiger partial charge in [0.25, 0.3) is 0 Å². The highest BCUT2D eigenvalue weighted by Gasteiger charge is 2.23. The van der Waals surface area contributed by atoms with Gasteiger partial charge in [-0.2, -0.15) is 4.98 Å². The summed E-state index contributed by atoms with van der Waals surface area (Å²) in [7, 11) is 2.13. The first-order valence-corrected chi connectivity index (χ1v) is 9.81. The highest BCUT2D eigenvalue weighted by molar-refractivity contribution is 6.33. The molecule has 0 bridgehead atoms. The van der Waals surface area contributed by atoms with E-state index in [2.05, 4.69) is 61.9 Å². The molecule has 0 atom stereocenters. The summed E-state index contributed by atoms with van der Waals surface area (Å²) in [5, 5.41) is 4.07. The Morgan fingerprint density at radius 2 is 2.08 bits per heavy atom. The van der Waals surface area contributed by atoms with Gasteiger partial charge in [-0.25, -0.2) is 0 Å². The Hall–Kier alpha value is -1.98. The lowest BCUT2D eigenvalue weighted by Gasteiger charge is -2.30. The van der Waals surface area contributed by atoms with E-state index in [9.17, 15) is 0 Å². The van der Waals surface area contributed by atoms with E-state index in [4.69, 9.17) is 9.26 Å². The van der Waals surface area contributed by atoms with Crippen LogP contribution in [0.1, 0.15) is 56.8 Å². The van der Waals surface area contributed by atoms with Crippen molar-refractivity contribution < 1.29 is 9.26 Å². The van der Waals surface area contributed by atoms with Gasteiger partial charge in [-0.1, -0.05) is 36.1 Å². The zero-order chi connectivity index (χ0) is 18.5. The van der Waals surface area contributed by atoms with E-state index in [0.29, 0.717) is 11.9 Å². The lowest BCUT2D eigenvalue weighted by atomic mass is 9.91. The van der Waals surface area contributed by atoms with E-state index in [0.717, 1.165) is 43.6 Å². The van der Waals surface area contributed by atoms with Gasteiger partial charge in [0.2, 0.25) is 0 Å². The van der Waals surface area contributed by atoms with Gasteiger partial charge >= 0.3 is 6.01 Å². The topological polar surface area (TPSA) is 51.4 Å². The van der Waals surface area contributed by atoms with E-state index in [1.807, 2.05) is 0 Å². The van der Waals surface area contributed by atoms with E-state index in [1.54, 1.807) is 0 Å². The van der Waals surface area contributed by atoms with Crippen LogP contribution in [0.4, 0.5) is 6.01 Å². The zero-order valence-electron chi connectivity index (χ0n) is 16.5. The van der Waals surface area contributed by atoms with Crippen LogP contribution in [-0.2, 0) is 0 Å². The molecule has 1 aromatic heterocycles. The van der Waals surface area contributed by atoms with Gasteiger partial charge in [0.1, 0.15) is 13.6 Å². The van der Waals surface area contributed by atoms with Crippen molar-refractivity contribution in [2.24, 2.45) is 5.92 Å². The Labute approximate surface area is 157 Å². The lowest BCUT2D eigenvalue weighted by molar-refractivity contribution is 0.276. The predicted molar refractivity (Wildman–Crippen MR) is 107 cm³/mol. The number of hydrogen-bond donors (Lipinski definition) is 0. The van der Waals surface area contributed by atoms with Gasteiger partial charge in [-0.3, -0.25) is 0 Å². The molecule has 0 amide bonds. The minimum absolute atomic E-state index is 0.308. The second-order valence-electron chi connectivity index (χ2n) is 7.76. The molecule has 0 unspecified atom stereocenters. The number of piperidine rings is 1. The standard InChI is InChI=1S/C20H30BN3O2/c1-14(2)19-22-20(26-23-19)24-10-8-16(9-11-24)5-4-12-25-17-6-7-18(21)15(3)13-17/h6-7,13-14,16H,4-5,8-12,21H2,1-3H3. The average molecular weight is 355 g/mol. The number of rotatable bonds is 7.